The predicted molar refractivity (Wildman–Crippen MR) is 128 cm³/mol. The third-order valence-corrected chi connectivity index (χ3v) is 7.55. The second kappa shape index (κ2) is 9.59. The fraction of sp³-hybridized carbons (Fsp3) is 0.348. The van der Waals surface area contributed by atoms with E-state index in [1.807, 2.05) is 0 Å². The summed E-state index contributed by atoms with van der Waals surface area (Å²) in [6, 6.07) is 5.38. The summed E-state index contributed by atoms with van der Waals surface area (Å²) in [7, 11) is 0. The molecule has 4 rings (SSSR count). The van der Waals surface area contributed by atoms with Gasteiger partial charge in [-0.05, 0) is 49.6 Å². The maximum Gasteiger partial charge on any atom is 0.403 e. The minimum absolute atomic E-state index is 0.0842. The molecular weight excluding hydrogens is 568 g/mol. The molecule has 2 fully saturated rings. The summed E-state index contributed by atoms with van der Waals surface area (Å²) in [5.41, 5.74) is -4.56. The van der Waals surface area contributed by atoms with Gasteiger partial charge in [-0.3, -0.25) is 14.4 Å². The average Bonchev–Trinajstić information content (AvgIpc) is 3.40. The molecular formula is C23H17Cl3F5N3O3. The highest BCUT2D eigenvalue weighted by Gasteiger charge is 2.63. The van der Waals surface area contributed by atoms with E-state index in [9.17, 15) is 31.9 Å². The fourth-order valence-corrected chi connectivity index (χ4v) is 4.57. The van der Waals surface area contributed by atoms with Gasteiger partial charge in [0.15, 0.2) is 5.82 Å². The van der Waals surface area contributed by atoms with E-state index in [2.05, 4.69) is 10.6 Å². The van der Waals surface area contributed by atoms with Crippen LogP contribution in [0.2, 0.25) is 5.02 Å². The summed E-state index contributed by atoms with van der Waals surface area (Å²) >= 11 is 17.8. The molecule has 14 heteroatoms. The van der Waals surface area contributed by atoms with Gasteiger partial charge in [-0.15, -0.1) is 23.2 Å². The normalized spacial score (nSPS) is 19.4. The second-order valence-corrected chi connectivity index (χ2v) is 10.8. The molecule has 2 saturated carbocycles. The van der Waals surface area contributed by atoms with Crippen LogP contribution in [0.1, 0.15) is 36.0 Å². The molecule has 1 atom stereocenters. The van der Waals surface area contributed by atoms with Crippen molar-refractivity contribution < 1.29 is 36.3 Å². The molecule has 2 aliphatic rings. The Morgan fingerprint density at radius 2 is 1.62 bits per heavy atom. The Bertz CT molecular complexity index is 1300. The van der Waals surface area contributed by atoms with Crippen LogP contribution in [0, 0.1) is 23.0 Å². The summed E-state index contributed by atoms with van der Waals surface area (Å²) in [5.74, 6) is -6.54. The van der Waals surface area contributed by atoms with E-state index in [-0.39, 0.29) is 29.1 Å². The molecule has 3 amide bonds. The van der Waals surface area contributed by atoms with Gasteiger partial charge in [0.25, 0.3) is 5.91 Å². The largest absolute Gasteiger partial charge is 0.403 e. The third-order valence-electron chi connectivity index (χ3n) is 6.38. The number of rotatable bonds is 6. The van der Waals surface area contributed by atoms with Crippen molar-refractivity contribution >= 4 is 69.6 Å². The highest BCUT2D eigenvalue weighted by molar-refractivity contribution is 6.52. The van der Waals surface area contributed by atoms with Gasteiger partial charge in [0.1, 0.15) is 21.3 Å². The number of alkyl halides is 5. The minimum atomic E-state index is -4.90. The van der Waals surface area contributed by atoms with Crippen molar-refractivity contribution in [3.05, 3.63) is 52.6 Å². The van der Waals surface area contributed by atoms with Crippen LogP contribution in [0.25, 0.3) is 0 Å². The quantitative estimate of drug-likeness (QED) is 0.262. The molecule has 3 N–H and O–H groups in total. The van der Waals surface area contributed by atoms with Crippen molar-refractivity contribution in [2.75, 3.05) is 16.0 Å². The number of amides is 3. The third kappa shape index (κ3) is 5.21. The van der Waals surface area contributed by atoms with Crippen LogP contribution < -0.4 is 16.0 Å². The van der Waals surface area contributed by atoms with E-state index in [1.54, 1.807) is 5.32 Å². The Kier molecular flexibility index (Phi) is 7.11. The molecule has 2 aliphatic carbocycles. The Morgan fingerprint density at radius 3 is 2.16 bits per heavy atom. The summed E-state index contributed by atoms with van der Waals surface area (Å²) in [6.07, 6.45) is -5.54. The van der Waals surface area contributed by atoms with Crippen LogP contribution in [-0.2, 0) is 9.59 Å². The Morgan fingerprint density at radius 1 is 0.973 bits per heavy atom. The molecule has 0 heterocycles. The maximum absolute atomic E-state index is 15.0. The predicted octanol–water partition coefficient (Wildman–Crippen LogP) is 6.67. The first kappa shape index (κ1) is 27.4. The van der Waals surface area contributed by atoms with Crippen LogP contribution in [0.3, 0.4) is 0 Å². The van der Waals surface area contributed by atoms with E-state index in [0.717, 1.165) is 6.07 Å². The maximum atomic E-state index is 15.0. The molecule has 0 aromatic heterocycles. The lowest BCUT2D eigenvalue weighted by atomic mass is 9.67. The van der Waals surface area contributed by atoms with Crippen molar-refractivity contribution in [2.45, 2.75) is 36.2 Å². The Balaban J connectivity index is 1.53. The fourth-order valence-electron chi connectivity index (χ4n) is 3.86. The topological polar surface area (TPSA) is 87.3 Å². The Labute approximate surface area is 221 Å². The summed E-state index contributed by atoms with van der Waals surface area (Å²) < 4.78 is 68.4. The molecule has 6 nitrogen and oxygen atoms in total. The number of hydrogen-bond acceptors (Lipinski definition) is 3. The van der Waals surface area contributed by atoms with Gasteiger partial charge in [-0.1, -0.05) is 18.0 Å². The standard InChI is InChI=1S/C23H17Cl3F5N3O3/c24-13-3-2-10(32-19(36)12-9-22(12,25)26)8-11(13)18(35)33-15-5-4-14(27)17(16(15)28)34-20(37)21(6-1-7-21)23(29,30)31/h2-5,8,12H,1,6-7,9H2,(H,32,36)(H,33,35)(H,34,37)/t12-/m1/s1. The van der Waals surface area contributed by atoms with Crippen LogP contribution in [0.4, 0.5) is 39.0 Å². The monoisotopic (exact) mass is 583 g/mol. The number of halogens is 8. The smallest absolute Gasteiger partial charge is 0.326 e. The van der Waals surface area contributed by atoms with Crippen LogP contribution in [0.15, 0.2) is 30.3 Å². The molecule has 0 unspecified atom stereocenters. The minimum Gasteiger partial charge on any atom is -0.326 e. The number of hydrogen-bond donors (Lipinski definition) is 3. The van der Waals surface area contributed by atoms with Gasteiger partial charge in [-0.25, -0.2) is 8.78 Å². The summed E-state index contributed by atoms with van der Waals surface area (Å²) in [6.45, 7) is 0. The van der Waals surface area contributed by atoms with E-state index >= 15 is 4.39 Å². The van der Waals surface area contributed by atoms with Gasteiger partial charge in [0.05, 0.1) is 22.2 Å². The molecule has 2 aromatic rings. The first-order chi connectivity index (χ1) is 17.2. The van der Waals surface area contributed by atoms with Gasteiger partial charge in [0.2, 0.25) is 11.8 Å². The van der Waals surface area contributed by atoms with E-state index in [1.165, 1.54) is 18.2 Å². The molecule has 0 bridgehead atoms. The molecule has 0 spiro atoms. The molecule has 0 radical (unpaired) electrons. The van der Waals surface area contributed by atoms with E-state index in [4.69, 9.17) is 34.8 Å². The number of nitrogens with one attached hydrogen (secondary N) is 3. The van der Waals surface area contributed by atoms with Gasteiger partial charge in [0, 0.05) is 5.69 Å². The number of carbonyl (C=O) groups is 3. The van der Waals surface area contributed by atoms with Gasteiger partial charge < -0.3 is 16.0 Å². The molecule has 198 valence electrons. The van der Waals surface area contributed by atoms with Crippen molar-refractivity contribution in [2.24, 2.45) is 11.3 Å². The molecule has 0 saturated heterocycles. The van der Waals surface area contributed by atoms with E-state index < -0.39 is 75.4 Å². The van der Waals surface area contributed by atoms with Crippen LogP contribution in [-0.4, -0.2) is 28.2 Å². The van der Waals surface area contributed by atoms with Crippen LogP contribution in [0.5, 0.6) is 0 Å². The van der Waals surface area contributed by atoms with Crippen molar-refractivity contribution in [3.8, 4) is 0 Å². The van der Waals surface area contributed by atoms with E-state index in [0.29, 0.717) is 6.07 Å². The Hall–Kier alpha value is -2.63. The molecule has 0 aliphatic heterocycles. The highest BCUT2D eigenvalue weighted by atomic mass is 35.5. The number of carbonyl (C=O) groups excluding carboxylic acids is 3. The highest BCUT2D eigenvalue weighted by Crippen LogP contribution is 2.54. The van der Waals surface area contributed by atoms with Crippen molar-refractivity contribution in [1.29, 1.82) is 0 Å². The molecule has 2 aromatic carbocycles. The summed E-state index contributed by atoms with van der Waals surface area (Å²) in [4.78, 5) is 37.4. The van der Waals surface area contributed by atoms with Crippen molar-refractivity contribution in [3.63, 3.8) is 0 Å². The lowest BCUT2D eigenvalue weighted by molar-refractivity contribution is -0.240. The van der Waals surface area contributed by atoms with Crippen LogP contribution >= 0.6 is 34.8 Å². The number of benzene rings is 2. The summed E-state index contributed by atoms with van der Waals surface area (Å²) in [5, 5.41) is 6.27. The van der Waals surface area contributed by atoms with Gasteiger partial charge >= 0.3 is 6.18 Å². The first-order valence-electron chi connectivity index (χ1n) is 10.8. The zero-order valence-corrected chi connectivity index (χ0v) is 20.8. The van der Waals surface area contributed by atoms with Gasteiger partial charge in [-0.2, -0.15) is 13.2 Å². The number of anilines is 3. The lowest BCUT2D eigenvalue weighted by Crippen LogP contribution is -2.52. The first-order valence-corrected chi connectivity index (χ1v) is 12.0. The van der Waals surface area contributed by atoms with Crippen molar-refractivity contribution in [1.82, 2.24) is 0 Å². The molecule has 37 heavy (non-hydrogen) atoms. The zero-order valence-electron chi connectivity index (χ0n) is 18.5. The average molecular weight is 585 g/mol. The lowest BCUT2D eigenvalue weighted by Gasteiger charge is -2.41. The second-order valence-electron chi connectivity index (χ2n) is 8.83. The zero-order chi connectivity index (χ0) is 27.3. The SMILES string of the molecule is O=C(Nc1ccc(F)c(NC(=O)C2(C(F)(F)F)CCC2)c1F)c1cc(NC(=O)[C@H]2CC2(Cl)Cl)ccc1Cl.